The van der Waals surface area contributed by atoms with Crippen LogP contribution < -0.4 is 11.2 Å². The van der Waals surface area contributed by atoms with Gasteiger partial charge in [0.05, 0.1) is 28.2 Å². The summed E-state index contributed by atoms with van der Waals surface area (Å²) in [5.41, 5.74) is 2.19. The highest BCUT2D eigenvalue weighted by Crippen LogP contribution is 2.21. The highest BCUT2D eigenvalue weighted by atomic mass is 35.5. The van der Waals surface area contributed by atoms with E-state index in [2.05, 4.69) is 16.8 Å². The van der Waals surface area contributed by atoms with Crippen LogP contribution in [0.25, 0.3) is 16.6 Å². The third kappa shape index (κ3) is 4.31. The zero-order chi connectivity index (χ0) is 21.8. The summed E-state index contributed by atoms with van der Waals surface area (Å²) in [6.07, 6.45) is 0.552. The molecule has 0 radical (unpaired) electrons. The van der Waals surface area contributed by atoms with Gasteiger partial charge in [0.1, 0.15) is 0 Å². The Kier molecular flexibility index (Phi) is 6.03. The first-order valence-corrected chi connectivity index (χ1v) is 10.1. The lowest BCUT2D eigenvalue weighted by molar-refractivity contribution is 0.202. The minimum atomic E-state index is -0.550. The standard InChI is InChI=1S/C25H19ClN2O3/c1-31-15-14-19-8-5-9-21-23(19)24(29)28(25(30)27-21)22-13-12-18(16-20(22)26)11-10-17-6-3-2-4-7-17/h2-9,12-13,16H,14-15H2,1H3,(H,27,30). The molecule has 0 saturated carbocycles. The molecular formula is C25H19ClN2O3. The molecule has 5 nitrogen and oxygen atoms in total. The van der Waals surface area contributed by atoms with E-state index in [1.165, 1.54) is 0 Å². The van der Waals surface area contributed by atoms with Crippen LogP contribution in [0, 0.1) is 11.8 Å². The highest BCUT2D eigenvalue weighted by Gasteiger charge is 2.15. The molecule has 3 aromatic carbocycles. The molecular weight excluding hydrogens is 412 g/mol. The Bertz CT molecular complexity index is 1430. The fourth-order valence-electron chi connectivity index (χ4n) is 3.40. The molecule has 1 N–H and O–H groups in total. The topological polar surface area (TPSA) is 64.1 Å². The van der Waals surface area contributed by atoms with Gasteiger partial charge in [0, 0.05) is 18.2 Å². The largest absolute Gasteiger partial charge is 0.384 e. The van der Waals surface area contributed by atoms with Crippen molar-refractivity contribution in [1.82, 2.24) is 9.55 Å². The van der Waals surface area contributed by atoms with Crippen LogP contribution in [0.15, 0.2) is 76.3 Å². The molecule has 0 spiro atoms. The van der Waals surface area contributed by atoms with Gasteiger partial charge in [0.2, 0.25) is 0 Å². The first kappa shape index (κ1) is 20.7. The van der Waals surface area contributed by atoms with Crippen molar-refractivity contribution in [3.05, 3.63) is 109 Å². The minimum Gasteiger partial charge on any atom is -0.384 e. The van der Waals surface area contributed by atoms with E-state index in [-0.39, 0.29) is 5.02 Å². The number of halogens is 1. The van der Waals surface area contributed by atoms with Gasteiger partial charge in [0.15, 0.2) is 0 Å². The summed E-state index contributed by atoms with van der Waals surface area (Å²) in [7, 11) is 1.60. The SMILES string of the molecule is COCCc1cccc2[nH]c(=O)n(-c3ccc(C#Cc4ccccc4)cc3Cl)c(=O)c12. The Hall–Kier alpha value is -3.59. The summed E-state index contributed by atoms with van der Waals surface area (Å²) in [6.45, 7) is 0.465. The molecule has 4 aromatic rings. The first-order valence-electron chi connectivity index (χ1n) is 9.71. The number of ether oxygens (including phenoxy) is 1. The minimum absolute atomic E-state index is 0.265. The average molecular weight is 431 g/mol. The summed E-state index contributed by atoms with van der Waals surface area (Å²) in [5.74, 6) is 6.11. The van der Waals surface area contributed by atoms with Crippen molar-refractivity contribution in [2.75, 3.05) is 13.7 Å². The molecule has 0 aliphatic carbocycles. The number of hydrogen-bond acceptors (Lipinski definition) is 3. The third-order valence-corrected chi connectivity index (χ3v) is 5.20. The number of nitrogens with zero attached hydrogens (tertiary/aromatic N) is 1. The van der Waals surface area contributed by atoms with Crippen molar-refractivity contribution in [2.45, 2.75) is 6.42 Å². The molecule has 0 bridgehead atoms. The van der Waals surface area contributed by atoms with Crippen molar-refractivity contribution in [1.29, 1.82) is 0 Å². The molecule has 0 aliphatic heterocycles. The van der Waals surface area contributed by atoms with Gasteiger partial charge in [-0.3, -0.25) is 4.79 Å². The van der Waals surface area contributed by atoms with Crippen LogP contribution in [0.4, 0.5) is 0 Å². The number of aromatic nitrogens is 2. The number of aromatic amines is 1. The second-order valence-corrected chi connectivity index (χ2v) is 7.34. The van der Waals surface area contributed by atoms with Gasteiger partial charge in [-0.1, -0.05) is 53.8 Å². The van der Waals surface area contributed by atoms with E-state index in [0.717, 1.165) is 15.7 Å². The normalized spacial score (nSPS) is 10.6. The molecule has 0 amide bonds. The maximum Gasteiger partial charge on any atom is 0.333 e. The summed E-state index contributed by atoms with van der Waals surface area (Å²) in [4.78, 5) is 28.8. The smallest absolute Gasteiger partial charge is 0.333 e. The van der Waals surface area contributed by atoms with Gasteiger partial charge in [-0.25, -0.2) is 9.36 Å². The number of benzene rings is 3. The van der Waals surface area contributed by atoms with Crippen LogP contribution in [-0.4, -0.2) is 23.3 Å². The van der Waals surface area contributed by atoms with Gasteiger partial charge in [-0.15, -0.1) is 0 Å². The van der Waals surface area contributed by atoms with E-state index in [1.807, 2.05) is 36.4 Å². The lowest BCUT2D eigenvalue weighted by Crippen LogP contribution is -2.34. The monoisotopic (exact) mass is 430 g/mol. The van der Waals surface area contributed by atoms with E-state index in [4.69, 9.17) is 16.3 Å². The number of nitrogens with one attached hydrogen (secondary N) is 1. The van der Waals surface area contributed by atoms with Gasteiger partial charge in [-0.05, 0) is 48.4 Å². The number of rotatable bonds is 4. The predicted octanol–water partition coefficient (Wildman–Crippen LogP) is 3.92. The lowest BCUT2D eigenvalue weighted by Gasteiger charge is -2.11. The molecule has 6 heteroatoms. The van der Waals surface area contributed by atoms with Crippen LogP contribution >= 0.6 is 11.6 Å². The van der Waals surface area contributed by atoms with E-state index >= 15 is 0 Å². The van der Waals surface area contributed by atoms with Crippen LogP contribution in [0.1, 0.15) is 16.7 Å². The Labute approximate surface area is 183 Å². The van der Waals surface area contributed by atoms with Gasteiger partial charge >= 0.3 is 5.69 Å². The van der Waals surface area contributed by atoms with Crippen molar-refractivity contribution in [3.8, 4) is 17.5 Å². The number of fused-ring (bicyclic) bond motifs is 1. The predicted molar refractivity (Wildman–Crippen MR) is 123 cm³/mol. The zero-order valence-corrected chi connectivity index (χ0v) is 17.6. The van der Waals surface area contributed by atoms with Crippen molar-refractivity contribution in [3.63, 3.8) is 0 Å². The second kappa shape index (κ2) is 9.05. The zero-order valence-electron chi connectivity index (χ0n) is 16.8. The second-order valence-electron chi connectivity index (χ2n) is 6.94. The molecule has 0 atom stereocenters. The van der Waals surface area contributed by atoms with Crippen LogP contribution in [0.5, 0.6) is 0 Å². The maximum atomic E-state index is 13.3. The van der Waals surface area contributed by atoms with Crippen LogP contribution in [-0.2, 0) is 11.2 Å². The molecule has 154 valence electrons. The highest BCUT2D eigenvalue weighted by molar-refractivity contribution is 6.32. The fourth-order valence-corrected chi connectivity index (χ4v) is 3.67. The number of H-pyrrole nitrogens is 1. The van der Waals surface area contributed by atoms with Gasteiger partial charge in [0.25, 0.3) is 5.56 Å². The van der Waals surface area contributed by atoms with Crippen molar-refractivity contribution in [2.24, 2.45) is 0 Å². The molecule has 0 unspecified atom stereocenters. The van der Waals surface area contributed by atoms with Crippen molar-refractivity contribution >= 4 is 22.5 Å². The molecule has 0 aliphatic rings. The van der Waals surface area contributed by atoms with Crippen molar-refractivity contribution < 1.29 is 4.74 Å². The molecule has 1 aromatic heterocycles. The maximum absolute atomic E-state index is 13.3. The molecule has 0 fully saturated rings. The number of hydrogen-bond donors (Lipinski definition) is 1. The van der Waals surface area contributed by atoms with Crippen LogP contribution in [0.2, 0.25) is 5.02 Å². The lowest BCUT2D eigenvalue weighted by atomic mass is 10.1. The molecule has 1 heterocycles. The fraction of sp³-hybridized carbons (Fsp3) is 0.120. The average Bonchev–Trinajstić information content (AvgIpc) is 2.78. The summed E-state index contributed by atoms with van der Waals surface area (Å²) >= 11 is 6.46. The summed E-state index contributed by atoms with van der Waals surface area (Å²) in [6, 6.07) is 20.0. The summed E-state index contributed by atoms with van der Waals surface area (Å²) < 4.78 is 6.21. The van der Waals surface area contributed by atoms with Gasteiger partial charge in [-0.2, -0.15) is 0 Å². The number of methoxy groups -OCH3 is 1. The first-order chi connectivity index (χ1) is 15.1. The Balaban J connectivity index is 1.81. The van der Waals surface area contributed by atoms with E-state index in [9.17, 15) is 9.59 Å². The van der Waals surface area contributed by atoms with E-state index in [0.29, 0.717) is 35.2 Å². The van der Waals surface area contributed by atoms with E-state index < -0.39 is 11.2 Å². The Morgan fingerprint density at radius 2 is 1.74 bits per heavy atom. The quantitative estimate of drug-likeness (QED) is 0.499. The molecule has 31 heavy (non-hydrogen) atoms. The summed E-state index contributed by atoms with van der Waals surface area (Å²) in [5, 5.41) is 0.712. The third-order valence-electron chi connectivity index (χ3n) is 4.90. The Morgan fingerprint density at radius 3 is 2.48 bits per heavy atom. The molecule has 4 rings (SSSR count). The van der Waals surface area contributed by atoms with E-state index in [1.54, 1.807) is 37.4 Å². The van der Waals surface area contributed by atoms with Crippen LogP contribution in [0.3, 0.4) is 0 Å². The van der Waals surface area contributed by atoms with Gasteiger partial charge < -0.3 is 9.72 Å². The Morgan fingerprint density at radius 1 is 0.968 bits per heavy atom. The molecule has 0 saturated heterocycles.